The molecule has 0 aromatic carbocycles. The first-order chi connectivity index (χ1) is 7.14. The number of rotatable bonds is 4. The maximum Gasteiger partial charge on any atom is 0.0413 e. The highest BCUT2D eigenvalue weighted by molar-refractivity contribution is 9.10. The molecule has 1 heterocycles. The van der Waals surface area contributed by atoms with E-state index in [1.165, 1.54) is 12.8 Å². The molecule has 1 aromatic heterocycles. The normalized spacial score (nSPS) is 19.9. The molecular formula is C12H17BrN2. The van der Waals surface area contributed by atoms with E-state index < -0.39 is 0 Å². The molecule has 0 amide bonds. The van der Waals surface area contributed by atoms with Crippen LogP contribution in [0.2, 0.25) is 0 Å². The summed E-state index contributed by atoms with van der Waals surface area (Å²) < 4.78 is 1.03. The first-order valence-corrected chi connectivity index (χ1v) is 6.24. The quantitative estimate of drug-likeness (QED) is 0.912. The van der Waals surface area contributed by atoms with Crippen molar-refractivity contribution >= 4 is 15.9 Å². The molecule has 1 aliphatic rings. The van der Waals surface area contributed by atoms with E-state index in [9.17, 15) is 0 Å². The second kappa shape index (κ2) is 4.22. The highest BCUT2D eigenvalue weighted by Gasteiger charge is 2.40. The maximum absolute atomic E-state index is 5.89. The molecule has 3 heteroatoms. The van der Waals surface area contributed by atoms with Crippen LogP contribution in [0.3, 0.4) is 0 Å². The second-order valence-electron chi connectivity index (χ2n) is 4.78. The summed E-state index contributed by atoms with van der Waals surface area (Å²) in [6, 6.07) is 4.13. The van der Waals surface area contributed by atoms with E-state index in [4.69, 9.17) is 5.73 Å². The number of nitrogens with two attached hydrogens (primary N) is 1. The van der Waals surface area contributed by atoms with Crippen LogP contribution < -0.4 is 5.73 Å². The lowest BCUT2D eigenvalue weighted by molar-refractivity contribution is 0.279. The van der Waals surface area contributed by atoms with E-state index in [2.05, 4.69) is 33.9 Å². The van der Waals surface area contributed by atoms with Crippen LogP contribution >= 0.6 is 15.9 Å². The Morgan fingerprint density at radius 1 is 1.53 bits per heavy atom. The fraction of sp³-hybridized carbons (Fsp3) is 0.583. The molecule has 0 spiro atoms. The number of hydrogen-bond donors (Lipinski definition) is 1. The Labute approximate surface area is 99.4 Å². The molecule has 1 fully saturated rings. The van der Waals surface area contributed by atoms with Crippen molar-refractivity contribution in [3.05, 3.63) is 28.5 Å². The number of aromatic nitrogens is 1. The first kappa shape index (κ1) is 11.1. The zero-order chi connectivity index (χ0) is 10.9. The number of nitrogens with zero attached hydrogens (tertiary/aromatic N) is 1. The summed E-state index contributed by atoms with van der Waals surface area (Å²) in [5.74, 6) is 0.813. The lowest BCUT2D eigenvalue weighted by atomic mass is 9.80. The van der Waals surface area contributed by atoms with Crippen LogP contribution in [0.5, 0.6) is 0 Å². The van der Waals surface area contributed by atoms with E-state index in [1.54, 1.807) is 0 Å². The third kappa shape index (κ3) is 2.58. The zero-order valence-corrected chi connectivity index (χ0v) is 10.6. The van der Waals surface area contributed by atoms with Crippen molar-refractivity contribution < 1.29 is 0 Å². The number of pyridine rings is 1. The van der Waals surface area contributed by atoms with E-state index in [-0.39, 0.29) is 5.41 Å². The Hall–Kier alpha value is -0.410. The van der Waals surface area contributed by atoms with Gasteiger partial charge in [-0.2, -0.15) is 0 Å². The maximum atomic E-state index is 5.89. The Morgan fingerprint density at radius 3 is 2.73 bits per heavy atom. The minimum absolute atomic E-state index is 0.251. The molecule has 2 nitrogen and oxygen atoms in total. The summed E-state index contributed by atoms with van der Waals surface area (Å²) in [5, 5.41) is 0. The number of hydrogen-bond acceptors (Lipinski definition) is 2. The van der Waals surface area contributed by atoms with Gasteiger partial charge in [-0.1, -0.05) is 6.92 Å². The molecule has 2 N–H and O–H groups in total. The standard InChI is InChI=1S/C12H17BrN2/c1-12(8-14,9-2-3-9)6-11-5-4-10(13)7-15-11/h4-5,7,9H,2-3,6,8,14H2,1H3. The van der Waals surface area contributed by atoms with E-state index in [1.807, 2.05) is 12.3 Å². The average molecular weight is 269 g/mol. The highest BCUT2D eigenvalue weighted by Crippen LogP contribution is 2.46. The van der Waals surface area contributed by atoms with Crippen molar-refractivity contribution in [2.75, 3.05) is 6.54 Å². The summed E-state index contributed by atoms with van der Waals surface area (Å²) in [4.78, 5) is 4.42. The Balaban J connectivity index is 2.09. The molecule has 0 bridgehead atoms. The van der Waals surface area contributed by atoms with E-state index in [0.29, 0.717) is 0 Å². The van der Waals surface area contributed by atoms with Gasteiger partial charge in [0.1, 0.15) is 0 Å². The van der Waals surface area contributed by atoms with Crippen LogP contribution in [0.15, 0.2) is 22.8 Å². The molecule has 1 aliphatic carbocycles. The van der Waals surface area contributed by atoms with Crippen molar-refractivity contribution in [2.45, 2.75) is 26.2 Å². The fourth-order valence-electron chi connectivity index (χ4n) is 2.09. The van der Waals surface area contributed by atoms with E-state index >= 15 is 0 Å². The molecule has 1 atom stereocenters. The second-order valence-corrected chi connectivity index (χ2v) is 5.69. The largest absolute Gasteiger partial charge is 0.330 e. The van der Waals surface area contributed by atoms with Gasteiger partial charge in [0.15, 0.2) is 0 Å². The number of halogens is 1. The van der Waals surface area contributed by atoms with Crippen LogP contribution in [0.4, 0.5) is 0 Å². The molecule has 0 aliphatic heterocycles. The predicted molar refractivity (Wildman–Crippen MR) is 65.5 cm³/mol. The van der Waals surface area contributed by atoms with Crippen molar-refractivity contribution in [1.82, 2.24) is 4.98 Å². The van der Waals surface area contributed by atoms with Gasteiger partial charge in [0, 0.05) is 16.4 Å². The molecule has 1 saturated carbocycles. The van der Waals surface area contributed by atoms with Crippen LogP contribution in [-0.2, 0) is 6.42 Å². The Bertz CT molecular complexity index is 332. The van der Waals surface area contributed by atoms with Gasteiger partial charge < -0.3 is 5.73 Å². The van der Waals surface area contributed by atoms with Gasteiger partial charge in [-0.15, -0.1) is 0 Å². The van der Waals surface area contributed by atoms with Crippen LogP contribution in [0.25, 0.3) is 0 Å². The van der Waals surface area contributed by atoms with Crippen molar-refractivity contribution in [2.24, 2.45) is 17.1 Å². The lowest BCUT2D eigenvalue weighted by Crippen LogP contribution is -2.32. The molecule has 0 saturated heterocycles. The third-order valence-corrected chi connectivity index (χ3v) is 3.87. The average Bonchev–Trinajstić information content (AvgIpc) is 3.05. The van der Waals surface area contributed by atoms with Crippen LogP contribution in [0, 0.1) is 11.3 Å². The molecular weight excluding hydrogens is 252 g/mol. The van der Waals surface area contributed by atoms with E-state index in [0.717, 1.165) is 29.1 Å². The highest BCUT2D eigenvalue weighted by atomic mass is 79.9. The Kier molecular flexibility index (Phi) is 3.12. The first-order valence-electron chi connectivity index (χ1n) is 5.44. The van der Waals surface area contributed by atoms with Gasteiger partial charge in [-0.25, -0.2) is 0 Å². The van der Waals surface area contributed by atoms with Gasteiger partial charge in [0.05, 0.1) is 0 Å². The van der Waals surface area contributed by atoms with Gasteiger partial charge >= 0.3 is 0 Å². The summed E-state index contributed by atoms with van der Waals surface area (Å²) in [6.07, 6.45) is 5.54. The lowest BCUT2D eigenvalue weighted by Gasteiger charge is -2.27. The Morgan fingerprint density at radius 2 is 2.27 bits per heavy atom. The third-order valence-electron chi connectivity index (χ3n) is 3.40. The zero-order valence-electron chi connectivity index (χ0n) is 9.04. The topological polar surface area (TPSA) is 38.9 Å². The summed E-state index contributed by atoms with van der Waals surface area (Å²) in [6.45, 7) is 3.05. The summed E-state index contributed by atoms with van der Waals surface area (Å²) in [7, 11) is 0. The van der Waals surface area contributed by atoms with Crippen molar-refractivity contribution in [1.29, 1.82) is 0 Å². The van der Waals surface area contributed by atoms with Crippen molar-refractivity contribution in [3.63, 3.8) is 0 Å². The molecule has 1 aromatic rings. The SMILES string of the molecule is CC(CN)(Cc1ccc(Br)cn1)C1CC1. The molecule has 2 rings (SSSR count). The molecule has 82 valence electrons. The predicted octanol–water partition coefficient (Wildman–Crippen LogP) is 2.76. The van der Waals surface area contributed by atoms with Gasteiger partial charge in [0.25, 0.3) is 0 Å². The molecule has 0 radical (unpaired) electrons. The van der Waals surface area contributed by atoms with Gasteiger partial charge in [-0.3, -0.25) is 4.98 Å². The van der Waals surface area contributed by atoms with Crippen LogP contribution in [-0.4, -0.2) is 11.5 Å². The fourth-order valence-corrected chi connectivity index (χ4v) is 2.32. The van der Waals surface area contributed by atoms with Crippen molar-refractivity contribution in [3.8, 4) is 0 Å². The molecule has 1 unspecified atom stereocenters. The van der Waals surface area contributed by atoms with Gasteiger partial charge in [-0.05, 0) is 65.2 Å². The summed E-state index contributed by atoms with van der Waals surface area (Å²) in [5.41, 5.74) is 7.29. The molecule has 15 heavy (non-hydrogen) atoms. The van der Waals surface area contributed by atoms with Gasteiger partial charge in [0.2, 0.25) is 0 Å². The minimum atomic E-state index is 0.251. The smallest absolute Gasteiger partial charge is 0.0413 e. The monoisotopic (exact) mass is 268 g/mol. The summed E-state index contributed by atoms with van der Waals surface area (Å²) >= 11 is 3.40. The van der Waals surface area contributed by atoms with Crippen LogP contribution in [0.1, 0.15) is 25.5 Å². The minimum Gasteiger partial charge on any atom is -0.330 e.